The summed E-state index contributed by atoms with van der Waals surface area (Å²) in [5.41, 5.74) is 0.0299. The van der Waals surface area contributed by atoms with Gasteiger partial charge in [0.05, 0.1) is 11.0 Å². The molecule has 1 aromatic carbocycles. The highest BCUT2D eigenvalue weighted by molar-refractivity contribution is 9.10. The highest BCUT2D eigenvalue weighted by Gasteiger charge is 2.11. The Kier molecular flexibility index (Phi) is 4.73. The van der Waals surface area contributed by atoms with Gasteiger partial charge in [-0.25, -0.2) is 8.78 Å². The van der Waals surface area contributed by atoms with Crippen LogP contribution in [0, 0.1) is 23.5 Å². The maximum Gasteiger partial charge on any atom is 0.144 e. The first-order chi connectivity index (χ1) is 7.16. The van der Waals surface area contributed by atoms with Gasteiger partial charge in [-0.15, -0.1) is 5.92 Å². The molecule has 1 nitrogen and oxygen atoms in total. The fourth-order valence-electron chi connectivity index (χ4n) is 1.07. The Labute approximate surface area is 96.0 Å². The second-order valence-corrected chi connectivity index (χ2v) is 3.71. The van der Waals surface area contributed by atoms with Crippen molar-refractivity contribution in [3.05, 3.63) is 33.8 Å². The molecule has 0 aliphatic carbocycles. The smallest absolute Gasteiger partial charge is 0.144 e. The molecule has 1 N–H and O–H groups in total. The Bertz CT molecular complexity index is 407. The van der Waals surface area contributed by atoms with Gasteiger partial charge in [-0.1, -0.05) is 5.92 Å². The van der Waals surface area contributed by atoms with Crippen molar-refractivity contribution in [2.24, 2.45) is 0 Å². The van der Waals surface area contributed by atoms with Crippen LogP contribution in [0.25, 0.3) is 0 Å². The lowest BCUT2D eigenvalue weighted by Crippen LogP contribution is -2.15. The number of hydrogen-bond acceptors (Lipinski definition) is 1. The summed E-state index contributed by atoms with van der Waals surface area (Å²) in [6, 6.07) is 2.58. The third-order valence-electron chi connectivity index (χ3n) is 1.83. The van der Waals surface area contributed by atoms with E-state index in [1.165, 1.54) is 12.1 Å². The van der Waals surface area contributed by atoms with Gasteiger partial charge in [0.25, 0.3) is 0 Å². The van der Waals surface area contributed by atoms with Gasteiger partial charge in [0.1, 0.15) is 11.6 Å². The monoisotopic (exact) mass is 273 g/mol. The van der Waals surface area contributed by atoms with Crippen molar-refractivity contribution in [3.63, 3.8) is 0 Å². The maximum atomic E-state index is 13.4. The van der Waals surface area contributed by atoms with Crippen molar-refractivity contribution in [2.45, 2.75) is 13.5 Å². The molecule has 0 saturated carbocycles. The van der Waals surface area contributed by atoms with Crippen molar-refractivity contribution in [1.29, 1.82) is 0 Å². The molecule has 4 heteroatoms. The summed E-state index contributed by atoms with van der Waals surface area (Å²) < 4.78 is 26.9. The molecule has 0 aliphatic heterocycles. The van der Waals surface area contributed by atoms with Crippen molar-refractivity contribution in [1.82, 2.24) is 5.32 Å². The van der Waals surface area contributed by atoms with Crippen molar-refractivity contribution in [3.8, 4) is 11.8 Å². The number of hydrogen-bond donors (Lipinski definition) is 1. The Morgan fingerprint density at radius 1 is 1.40 bits per heavy atom. The Balaban J connectivity index is 2.74. The fourth-order valence-corrected chi connectivity index (χ4v) is 1.44. The molecule has 0 unspecified atom stereocenters. The van der Waals surface area contributed by atoms with Gasteiger partial charge in [0.15, 0.2) is 0 Å². The molecule has 0 atom stereocenters. The van der Waals surface area contributed by atoms with Crippen LogP contribution in [0.1, 0.15) is 12.5 Å². The van der Waals surface area contributed by atoms with E-state index in [-0.39, 0.29) is 16.6 Å². The van der Waals surface area contributed by atoms with E-state index in [1.807, 2.05) is 0 Å². The first-order valence-corrected chi connectivity index (χ1v) is 5.18. The molecule has 0 radical (unpaired) electrons. The molecular formula is C11H10BrF2N. The van der Waals surface area contributed by atoms with E-state index < -0.39 is 11.6 Å². The van der Waals surface area contributed by atoms with E-state index in [1.54, 1.807) is 6.92 Å². The largest absolute Gasteiger partial charge is 0.302 e. The van der Waals surface area contributed by atoms with E-state index in [0.29, 0.717) is 6.54 Å². The van der Waals surface area contributed by atoms with Crippen LogP contribution in [-0.2, 0) is 6.54 Å². The molecule has 1 rings (SSSR count). The van der Waals surface area contributed by atoms with Gasteiger partial charge in [0, 0.05) is 12.1 Å². The summed E-state index contributed by atoms with van der Waals surface area (Å²) in [6.07, 6.45) is 0. The molecule has 1 aromatic rings. The zero-order valence-electron chi connectivity index (χ0n) is 8.20. The van der Waals surface area contributed by atoms with E-state index in [2.05, 4.69) is 33.1 Å². The quantitative estimate of drug-likeness (QED) is 0.507. The Morgan fingerprint density at radius 3 is 2.80 bits per heavy atom. The van der Waals surface area contributed by atoms with Gasteiger partial charge in [0.2, 0.25) is 0 Å². The van der Waals surface area contributed by atoms with E-state index >= 15 is 0 Å². The van der Waals surface area contributed by atoms with Crippen LogP contribution in [0.3, 0.4) is 0 Å². The standard InChI is InChI=1S/C11H10BrF2N/c1-2-3-6-15-7-8-10(13)5-4-9(12)11(8)14/h4-5,15H,6-7H2,1H3. The molecule has 0 aromatic heterocycles. The summed E-state index contributed by atoms with van der Waals surface area (Å²) in [7, 11) is 0. The van der Waals surface area contributed by atoms with Gasteiger partial charge < -0.3 is 5.32 Å². The first kappa shape index (κ1) is 12.2. The second kappa shape index (κ2) is 5.84. The highest BCUT2D eigenvalue weighted by atomic mass is 79.9. The fraction of sp³-hybridized carbons (Fsp3) is 0.273. The summed E-state index contributed by atoms with van der Waals surface area (Å²) in [5.74, 6) is 4.33. The number of halogens is 3. The normalized spacial score (nSPS) is 9.60. The molecule has 80 valence electrons. The number of rotatable bonds is 3. The van der Waals surface area contributed by atoms with E-state index in [0.717, 1.165) is 0 Å². The average molecular weight is 274 g/mol. The number of benzene rings is 1. The van der Waals surface area contributed by atoms with Gasteiger partial charge in [-0.05, 0) is 35.0 Å². The molecular weight excluding hydrogens is 264 g/mol. The molecule has 0 fully saturated rings. The maximum absolute atomic E-state index is 13.4. The third kappa shape index (κ3) is 3.29. The molecule has 0 amide bonds. The second-order valence-electron chi connectivity index (χ2n) is 2.85. The number of nitrogens with one attached hydrogen (secondary N) is 1. The van der Waals surface area contributed by atoms with Crippen LogP contribution in [0.5, 0.6) is 0 Å². The van der Waals surface area contributed by atoms with Gasteiger partial charge >= 0.3 is 0 Å². The lowest BCUT2D eigenvalue weighted by molar-refractivity contribution is 0.539. The van der Waals surface area contributed by atoms with Crippen LogP contribution in [-0.4, -0.2) is 6.54 Å². The van der Waals surface area contributed by atoms with Gasteiger partial charge in [-0.2, -0.15) is 0 Å². The van der Waals surface area contributed by atoms with E-state index in [9.17, 15) is 8.78 Å². The molecule has 0 aliphatic rings. The van der Waals surface area contributed by atoms with E-state index in [4.69, 9.17) is 0 Å². The van der Waals surface area contributed by atoms with Crippen molar-refractivity contribution in [2.75, 3.05) is 6.54 Å². The van der Waals surface area contributed by atoms with Crippen LogP contribution in [0.15, 0.2) is 16.6 Å². The summed E-state index contributed by atoms with van der Waals surface area (Å²) >= 11 is 3.01. The van der Waals surface area contributed by atoms with Crippen LogP contribution in [0.2, 0.25) is 0 Å². The molecule has 0 bridgehead atoms. The first-order valence-electron chi connectivity index (χ1n) is 4.39. The average Bonchev–Trinajstić information content (AvgIpc) is 2.23. The Morgan fingerprint density at radius 2 is 2.13 bits per heavy atom. The summed E-state index contributed by atoms with van der Waals surface area (Å²) in [5, 5.41) is 2.84. The van der Waals surface area contributed by atoms with Crippen LogP contribution in [0.4, 0.5) is 8.78 Å². The third-order valence-corrected chi connectivity index (χ3v) is 2.44. The predicted molar refractivity (Wildman–Crippen MR) is 59.2 cm³/mol. The molecule has 15 heavy (non-hydrogen) atoms. The Hall–Kier alpha value is -0.920. The van der Waals surface area contributed by atoms with Crippen molar-refractivity contribution >= 4 is 15.9 Å². The molecule has 0 saturated heterocycles. The molecule has 0 spiro atoms. The lowest BCUT2D eigenvalue weighted by atomic mass is 10.2. The minimum absolute atomic E-state index is 0.0299. The molecule has 0 heterocycles. The SMILES string of the molecule is CC#CCNCc1c(F)ccc(Br)c1F. The minimum Gasteiger partial charge on any atom is -0.302 e. The zero-order valence-corrected chi connectivity index (χ0v) is 9.79. The summed E-state index contributed by atoms with van der Waals surface area (Å²) in [4.78, 5) is 0. The van der Waals surface area contributed by atoms with Crippen LogP contribution < -0.4 is 5.32 Å². The van der Waals surface area contributed by atoms with Crippen molar-refractivity contribution < 1.29 is 8.78 Å². The minimum atomic E-state index is -0.563. The van der Waals surface area contributed by atoms with Gasteiger partial charge in [-0.3, -0.25) is 0 Å². The topological polar surface area (TPSA) is 12.0 Å². The summed E-state index contributed by atoms with van der Waals surface area (Å²) in [6.45, 7) is 2.26. The lowest BCUT2D eigenvalue weighted by Gasteiger charge is -2.06. The predicted octanol–water partition coefficient (Wildman–Crippen LogP) is 2.84. The van der Waals surface area contributed by atoms with Crippen LogP contribution >= 0.6 is 15.9 Å². The zero-order chi connectivity index (χ0) is 11.3. The highest BCUT2D eigenvalue weighted by Crippen LogP contribution is 2.21.